The Balaban J connectivity index is 1.22. The molecule has 4 aromatic carbocycles. The van der Waals surface area contributed by atoms with Gasteiger partial charge < -0.3 is 25.8 Å². The van der Waals surface area contributed by atoms with Gasteiger partial charge in [-0.15, -0.1) is 0 Å². The minimum absolute atomic E-state index is 0.113. The SMILES string of the molecule is C[C@H](NC(=O)C(Cc1ccccc1)NC(=O)OCC1c2ccccc2-c2ccccc21)C(=O)N[C@H](CO)Cc1ccccc1. The molecule has 1 aliphatic rings. The maximum absolute atomic E-state index is 13.4. The van der Waals surface area contributed by atoms with Gasteiger partial charge in [0, 0.05) is 12.3 Å². The van der Waals surface area contributed by atoms with Gasteiger partial charge in [0.05, 0.1) is 12.6 Å². The van der Waals surface area contributed by atoms with E-state index < -0.39 is 36.0 Å². The van der Waals surface area contributed by atoms with E-state index in [1.165, 1.54) is 0 Å². The molecule has 8 heteroatoms. The molecule has 8 nitrogen and oxygen atoms in total. The zero-order chi connectivity index (χ0) is 30.9. The van der Waals surface area contributed by atoms with Crippen LogP contribution in [-0.4, -0.2) is 54.4 Å². The second-order valence-electron chi connectivity index (χ2n) is 11.0. The van der Waals surface area contributed by atoms with E-state index in [0.29, 0.717) is 6.42 Å². The molecule has 0 radical (unpaired) electrons. The lowest BCUT2D eigenvalue weighted by Gasteiger charge is -2.23. The summed E-state index contributed by atoms with van der Waals surface area (Å²) in [6.07, 6.45) is -0.0643. The predicted molar refractivity (Wildman–Crippen MR) is 169 cm³/mol. The van der Waals surface area contributed by atoms with Crippen molar-refractivity contribution in [2.24, 2.45) is 0 Å². The molecule has 0 saturated heterocycles. The van der Waals surface area contributed by atoms with Gasteiger partial charge in [-0.25, -0.2) is 4.79 Å². The molecular weight excluding hydrogens is 554 g/mol. The van der Waals surface area contributed by atoms with Crippen molar-refractivity contribution in [3.8, 4) is 11.1 Å². The highest BCUT2D eigenvalue weighted by atomic mass is 16.5. The smallest absolute Gasteiger partial charge is 0.407 e. The zero-order valence-electron chi connectivity index (χ0n) is 24.6. The fourth-order valence-corrected chi connectivity index (χ4v) is 5.61. The van der Waals surface area contributed by atoms with Crippen LogP contribution in [0.4, 0.5) is 4.79 Å². The van der Waals surface area contributed by atoms with Crippen molar-refractivity contribution in [3.05, 3.63) is 131 Å². The van der Waals surface area contributed by atoms with E-state index in [0.717, 1.165) is 33.4 Å². The fourth-order valence-electron chi connectivity index (χ4n) is 5.61. The molecule has 0 aliphatic heterocycles. The van der Waals surface area contributed by atoms with E-state index >= 15 is 0 Å². The Labute approximate surface area is 257 Å². The molecule has 3 atom stereocenters. The molecule has 226 valence electrons. The van der Waals surface area contributed by atoms with E-state index in [4.69, 9.17) is 4.74 Å². The maximum Gasteiger partial charge on any atom is 0.407 e. The van der Waals surface area contributed by atoms with Gasteiger partial charge in [-0.2, -0.15) is 0 Å². The number of ether oxygens (including phenoxy) is 1. The van der Waals surface area contributed by atoms with Crippen molar-refractivity contribution in [2.75, 3.05) is 13.2 Å². The molecule has 5 rings (SSSR count). The average Bonchev–Trinajstić information content (AvgIpc) is 3.37. The normalized spacial score (nSPS) is 14.0. The Hall–Kier alpha value is -4.95. The number of carbonyl (C=O) groups excluding carboxylic acids is 3. The third kappa shape index (κ3) is 7.51. The maximum atomic E-state index is 13.4. The molecule has 1 unspecified atom stereocenters. The first-order valence-corrected chi connectivity index (χ1v) is 14.8. The standard InChI is InChI=1S/C36H37N3O5/c1-24(34(41)38-27(22-40)20-25-12-4-2-5-13-25)37-35(42)33(21-26-14-6-3-7-15-26)39-36(43)44-23-32-30-18-10-8-16-28(30)29-17-9-11-19-31(29)32/h2-19,24,27,32-33,40H,20-23H2,1H3,(H,37,42)(H,38,41)(H,39,43)/t24-,27-,33?/m0/s1. The molecule has 44 heavy (non-hydrogen) atoms. The van der Waals surface area contributed by atoms with E-state index in [1.54, 1.807) is 6.92 Å². The summed E-state index contributed by atoms with van der Waals surface area (Å²) in [6.45, 7) is 1.43. The highest BCUT2D eigenvalue weighted by molar-refractivity contribution is 5.91. The molecule has 0 spiro atoms. The number of carbonyl (C=O) groups is 3. The van der Waals surface area contributed by atoms with Crippen molar-refractivity contribution in [3.63, 3.8) is 0 Å². The van der Waals surface area contributed by atoms with Gasteiger partial charge in [-0.1, -0.05) is 109 Å². The second-order valence-corrected chi connectivity index (χ2v) is 11.0. The van der Waals surface area contributed by atoms with Crippen molar-refractivity contribution in [1.29, 1.82) is 0 Å². The largest absolute Gasteiger partial charge is 0.449 e. The number of nitrogens with one attached hydrogen (secondary N) is 3. The number of aliphatic hydroxyl groups excluding tert-OH is 1. The molecular formula is C36H37N3O5. The molecule has 4 aromatic rings. The molecule has 0 bridgehead atoms. The van der Waals surface area contributed by atoms with Crippen LogP contribution in [0.2, 0.25) is 0 Å². The predicted octanol–water partition coefficient (Wildman–Crippen LogP) is 4.36. The van der Waals surface area contributed by atoms with Crippen molar-refractivity contribution in [2.45, 2.75) is 43.8 Å². The van der Waals surface area contributed by atoms with Gasteiger partial charge in [-0.3, -0.25) is 9.59 Å². The van der Waals surface area contributed by atoms with Gasteiger partial charge >= 0.3 is 6.09 Å². The first-order valence-electron chi connectivity index (χ1n) is 14.8. The van der Waals surface area contributed by atoms with E-state index in [9.17, 15) is 19.5 Å². The summed E-state index contributed by atoms with van der Waals surface area (Å²) >= 11 is 0. The molecule has 4 N–H and O–H groups in total. The Bertz CT molecular complexity index is 1530. The van der Waals surface area contributed by atoms with Gasteiger partial charge in [0.25, 0.3) is 0 Å². The summed E-state index contributed by atoms with van der Waals surface area (Å²) in [5, 5.41) is 18.1. The lowest BCUT2D eigenvalue weighted by molar-refractivity contribution is -0.130. The van der Waals surface area contributed by atoms with Crippen LogP contribution >= 0.6 is 0 Å². The molecule has 0 aromatic heterocycles. The second kappa shape index (κ2) is 14.5. The van der Waals surface area contributed by atoms with Gasteiger partial charge in [0.2, 0.25) is 11.8 Å². The van der Waals surface area contributed by atoms with Crippen molar-refractivity contribution < 1.29 is 24.2 Å². The Morgan fingerprint density at radius 1 is 0.682 bits per heavy atom. The van der Waals surface area contributed by atoms with Crippen LogP contribution < -0.4 is 16.0 Å². The Morgan fingerprint density at radius 2 is 1.20 bits per heavy atom. The molecule has 3 amide bonds. The summed E-state index contributed by atoms with van der Waals surface area (Å²) in [5.74, 6) is -1.07. The minimum Gasteiger partial charge on any atom is -0.449 e. The first-order chi connectivity index (χ1) is 21.4. The fraction of sp³-hybridized carbons (Fsp3) is 0.250. The van der Waals surface area contributed by atoms with Crippen LogP contribution in [0.1, 0.15) is 35.1 Å². The summed E-state index contributed by atoms with van der Waals surface area (Å²) in [7, 11) is 0. The van der Waals surface area contributed by atoms with Crippen molar-refractivity contribution >= 4 is 17.9 Å². The van der Waals surface area contributed by atoms with Crippen LogP contribution in [0.25, 0.3) is 11.1 Å². The Morgan fingerprint density at radius 3 is 1.77 bits per heavy atom. The number of aliphatic hydroxyl groups is 1. The average molecular weight is 592 g/mol. The highest BCUT2D eigenvalue weighted by Crippen LogP contribution is 2.44. The van der Waals surface area contributed by atoms with E-state index in [-0.39, 0.29) is 25.6 Å². The third-order valence-corrected chi connectivity index (χ3v) is 7.88. The van der Waals surface area contributed by atoms with Gasteiger partial charge in [-0.05, 0) is 46.7 Å². The number of hydrogen-bond acceptors (Lipinski definition) is 5. The van der Waals surface area contributed by atoms with Crippen LogP contribution in [-0.2, 0) is 27.2 Å². The number of benzene rings is 4. The summed E-state index contributed by atoms with van der Waals surface area (Å²) in [6, 6.07) is 32.6. The number of rotatable bonds is 12. The number of amides is 3. The monoisotopic (exact) mass is 591 g/mol. The lowest BCUT2D eigenvalue weighted by Crippen LogP contribution is -2.55. The van der Waals surface area contributed by atoms with Crippen molar-refractivity contribution in [1.82, 2.24) is 16.0 Å². The van der Waals surface area contributed by atoms with Crippen LogP contribution in [0.5, 0.6) is 0 Å². The third-order valence-electron chi connectivity index (χ3n) is 7.88. The number of alkyl carbamates (subject to hydrolysis) is 1. The summed E-state index contributed by atoms with van der Waals surface area (Å²) in [5.41, 5.74) is 6.24. The quantitative estimate of drug-likeness (QED) is 0.195. The van der Waals surface area contributed by atoms with Crippen LogP contribution in [0, 0.1) is 0 Å². The number of hydrogen-bond donors (Lipinski definition) is 4. The topological polar surface area (TPSA) is 117 Å². The summed E-state index contributed by atoms with van der Waals surface area (Å²) in [4.78, 5) is 39.5. The lowest BCUT2D eigenvalue weighted by atomic mass is 9.98. The molecule has 0 heterocycles. The van der Waals surface area contributed by atoms with Crippen LogP contribution in [0.15, 0.2) is 109 Å². The van der Waals surface area contributed by atoms with E-state index in [2.05, 4.69) is 28.1 Å². The highest BCUT2D eigenvalue weighted by Gasteiger charge is 2.30. The molecule has 0 fully saturated rings. The Kier molecular flexibility index (Phi) is 10.0. The zero-order valence-corrected chi connectivity index (χ0v) is 24.6. The number of fused-ring (bicyclic) bond motifs is 3. The van der Waals surface area contributed by atoms with Gasteiger partial charge in [0.15, 0.2) is 0 Å². The van der Waals surface area contributed by atoms with Gasteiger partial charge in [0.1, 0.15) is 18.7 Å². The summed E-state index contributed by atoms with van der Waals surface area (Å²) < 4.78 is 5.70. The minimum atomic E-state index is -0.985. The van der Waals surface area contributed by atoms with E-state index in [1.807, 2.05) is 97.1 Å². The molecule has 0 saturated carbocycles. The molecule has 1 aliphatic carbocycles. The van der Waals surface area contributed by atoms with Crippen LogP contribution in [0.3, 0.4) is 0 Å². The first kappa shape index (κ1) is 30.5.